The molecule has 3 rings (SSSR count). The lowest BCUT2D eigenvalue weighted by Gasteiger charge is -2.29. The second-order valence-corrected chi connectivity index (χ2v) is 9.07. The Morgan fingerprint density at radius 2 is 1.67 bits per heavy atom. The van der Waals surface area contributed by atoms with Gasteiger partial charge in [-0.25, -0.2) is 0 Å². The molecule has 2 aliphatic heterocycles. The summed E-state index contributed by atoms with van der Waals surface area (Å²) in [6, 6.07) is 4.99. The fraction of sp³-hybridized carbons (Fsp3) is 0.609. The quantitative estimate of drug-likeness (QED) is 0.0815. The Morgan fingerprint density at radius 1 is 1.00 bits per heavy atom. The van der Waals surface area contributed by atoms with Crippen molar-refractivity contribution in [1.29, 1.82) is 0 Å². The molecule has 0 spiro atoms. The van der Waals surface area contributed by atoms with Crippen molar-refractivity contribution in [1.82, 2.24) is 10.2 Å². The molecule has 1 saturated heterocycles. The molecule has 1 N–H and O–H groups in total. The lowest BCUT2D eigenvalue weighted by atomic mass is 10.0. The molecule has 2 heterocycles. The van der Waals surface area contributed by atoms with Gasteiger partial charge in [-0.05, 0) is 29.6 Å². The van der Waals surface area contributed by atoms with Crippen LogP contribution in [0.2, 0.25) is 0 Å². The number of benzene rings is 1. The van der Waals surface area contributed by atoms with Gasteiger partial charge in [-0.15, -0.1) is 11.8 Å². The van der Waals surface area contributed by atoms with E-state index in [1.54, 1.807) is 22.7 Å². The number of ether oxygens (including phenoxy) is 4. The van der Waals surface area contributed by atoms with Crippen molar-refractivity contribution in [2.24, 2.45) is 5.11 Å². The lowest BCUT2D eigenvalue weighted by molar-refractivity contribution is -0.136. The number of carbonyl (C=O) groups excluding carboxylic acids is 3. The number of fused-ring (bicyclic) bond motifs is 1. The monoisotopic (exact) mass is 521 g/mol. The highest BCUT2D eigenvalue weighted by molar-refractivity contribution is 7.99. The summed E-state index contributed by atoms with van der Waals surface area (Å²) in [5.41, 5.74) is 9.67. The summed E-state index contributed by atoms with van der Waals surface area (Å²) in [7, 11) is 0. The highest BCUT2D eigenvalue weighted by atomic mass is 32.2. The highest BCUT2D eigenvalue weighted by Gasteiger charge is 2.39. The molecule has 36 heavy (non-hydrogen) atoms. The summed E-state index contributed by atoms with van der Waals surface area (Å²) in [6.07, 6.45) is 0.589. The van der Waals surface area contributed by atoms with Crippen molar-refractivity contribution in [3.8, 4) is 0 Å². The van der Waals surface area contributed by atoms with Crippen LogP contribution in [-0.2, 0) is 35.1 Å². The Hall–Kier alpha value is -2.67. The van der Waals surface area contributed by atoms with Gasteiger partial charge in [-0.3, -0.25) is 19.7 Å². The number of carbonyl (C=O) groups is 3. The molecule has 12 nitrogen and oxygen atoms in total. The van der Waals surface area contributed by atoms with E-state index in [-0.39, 0.29) is 18.2 Å². The zero-order valence-corrected chi connectivity index (χ0v) is 20.9. The number of amides is 3. The van der Waals surface area contributed by atoms with Gasteiger partial charge in [0.05, 0.1) is 52.9 Å². The molecule has 0 radical (unpaired) electrons. The Kier molecular flexibility index (Phi) is 12.0. The first kappa shape index (κ1) is 27.9. The van der Waals surface area contributed by atoms with Gasteiger partial charge in [-0.2, -0.15) is 0 Å². The molecular weight excluding hydrogens is 490 g/mol. The standard InChI is InChI=1S/C23H31N5O7S/c24-27-25-6-7-32-8-9-33-10-11-34-12-13-35-14-15-36-20-3-1-2-17-18(20)16-28(23(17)31)19-4-5-21(29)26-22(19)30/h1-3,19H,4-16H2,(H,26,29,30). The van der Waals surface area contributed by atoms with Gasteiger partial charge >= 0.3 is 0 Å². The predicted octanol–water partition coefficient (Wildman–Crippen LogP) is 1.92. The Morgan fingerprint density at radius 3 is 2.33 bits per heavy atom. The number of nitrogens with one attached hydrogen (secondary N) is 1. The molecule has 2 aliphatic rings. The molecule has 0 aliphatic carbocycles. The van der Waals surface area contributed by atoms with Crippen molar-refractivity contribution in [3.63, 3.8) is 0 Å². The summed E-state index contributed by atoms with van der Waals surface area (Å²) in [4.78, 5) is 41.7. The molecule has 1 fully saturated rings. The molecule has 1 atom stereocenters. The van der Waals surface area contributed by atoms with Crippen molar-refractivity contribution >= 4 is 29.5 Å². The molecule has 1 unspecified atom stereocenters. The molecule has 13 heteroatoms. The number of hydrogen-bond acceptors (Lipinski definition) is 9. The van der Waals surface area contributed by atoms with Gasteiger partial charge in [0.15, 0.2) is 0 Å². The summed E-state index contributed by atoms with van der Waals surface area (Å²) < 4.78 is 21.7. The number of thioether (sulfide) groups is 1. The van der Waals surface area contributed by atoms with E-state index in [1.165, 1.54) is 0 Å². The summed E-state index contributed by atoms with van der Waals surface area (Å²) >= 11 is 1.61. The summed E-state index contributed by atoms with van der Waals surface area (Å²) in [6.45, 7) is 4.34. The van der Waals surface area contributed by atoms with Crippen LogP contribution in [0, 0.1) is 0 Å². The lowest BCUT2D eigenvalue weighted by Crippen LogP contribution is -2.52. The number of piperidine rings is 1. The SMILES string of the molecule is [N-]=[N+]=NCCOCCOCCOCCOCCSc1cccc2c1CN(C1CCC(=O)NC1=O)C2=O. The van der Waals surface area contributed by atoms with Gasteiger partial charge in [0.1, 0.15) is 6.04 Å². The maximum absolute atomic E-state index is 12.9. The number of rotatable bonds is 17. The van der Waals surface area contributed by atoms with E-state index < -0.39 is 11.9 Å². The number of imide groups is 1. The Balaban J connectivity index is 1.25. The van der Waals surface area contributed by atoms with Gasteiger partial charge in [-0.1, -0.05) is 11.2 Å². The smallest absolute Gasteiger partial charge is 0.255 e. The molecule has 196 valence electrons. The van der Waals surface area contributed by atoms with Crippen molar-refractivity contribution in [3.05, 3.63) is 39.8 Å². The largest absolute Gasteiger partial charge is 0.379 e. The summed E-state index contributed by atoms with van der Waals surface area (Å²) in [5.74, 6) is -0.155. The van der Waals surface area contributed by atoms with Gasteiger partial charge in [0, 0.05) is 40.6 Å². The van der Waals surface area contributed by atoms with E-state index in [0.717, 1.165) is 10.5 Å². The van der Waals surface area contributed by atoms with Gasteiger partial charge < -0.3 is 23.8 Å². The van der Waals surface area contributed by atoms with E-state index in [2.05, 4.69) is 15.3 Å². The van der Waals surface area contributed by atoms with E-state index >= 15 is 0 Å². The topological polar surface area (TPSA) is 152 Å². The fourth-order valence-electron chi connectivity index (χ4n) is 3.81. The minimum absolute atomic E-state index is 0.169. The maximum atomic E-state index is 12.9. The van der Waals surface area contributed by atoms with E-state index in [9.17, 15) is 14.4 Å². The average Bonchev–Trinajstić information content (AvgIpc) is 3.20. The van der Waals surface area contributed by atoms with Crippen LogP contribution in [0.4, 0.5) is 0 Å². The molecule has 1 aromatic carbocycles. The first-order chi connectivity index (χ1) is 17.6. The van der Waals surface area contributed by atoms with Crippen LogP contribution in [0.3, 0.4) is 0 Å². The minimum atomic E-state index is -0.613. The predicted molar refractivity (Wildman–Crippen MR) is 131 cm³/mol. The molecule has 0 aromatic heterocycles. The zero-order chi connectivity index (χ0) is 25.6. The van der Waals surface area contributed by atoms with Crippen LogP contribution in [-0.4, -0.2) is 93.8 Å². The van der Waals surface area contributed by atoms with E-state index in [4.69, 9.17) is 24.5 Å². The third-order valence-corrected chi connectivity index (χ3v) is 6.60. The van der Waals surface area contributed by atoms with Crippen LogP contribution >= 0.6 is 11.8 Å². The number of hydrogen-bond donors (Lipinski definition) is 1. The third kappa shape index (κ3) is 8.47. The Bertz CT molecular complexity index is 957. The highest BCUT2D eigenvalue weighted by Crippen LogP contribution is 2.34. The van der Waals surface area contributed by atoms with Gasteiger partial charge in [0.2, 0.25) is 11.8 Å². The van der Waals surface area contributed by atoms with Crippen molar-refractivity contribution in [2.45, 2.75) is 30.3 Å². The first-order valence-electron chi connectivity index (χ1n) is 11.8. The first-order valence-corrected chi connectivity index (χ1v) is 12.8. The maximum Gasteiger partial charge on any atom is 0.255 e. The average molecular weight is 522 g/mol. The summed E-state index contributed by atoms with van der Waals surface area (Å²) in [5, 5.41) is 5.69. The van der Waals surface area contributed by atoms with Crippen LogP contribution < -0.4 is 5.32 Å². The van der Waals surface area contributed by atoms with Crippen LogP contribution in [0.1, 0.15) is 28.8 Å². The van der Waals surface area contributed by atoms with E-state index in [1.807, 2.05) is 12.1 Å². The van der Waals surface area contributed by atoms with Crippen LogP contribution in [0.15, 0.2) is 28.2 Å². The van der Waals surface area contributed by atoms with Crippen LogP contribution in [0.25, 0.3) is 10.4 Å². The molecule has 0 saturated carbocycles. The minimum Gasteiger partial charge on any atom is -0.379 e. The normalized spacial score (nSPS) is 17.2. The molecular formula is C23H31N5O7S. The van der Waals surface area contributed by atoms with Gasteiger partial charge in [0.25, 0.3) is 5.91 Å². The number of azide groups is 1. The third-order valence-electron chi connectivity index (χ3n) is 5.54. The Labute approximate surface area is 213 Å². The van der Waals surface area contributed by atoms with Crippen molar-refractivity contribution in [2.75, 3.05) is 65.2 Å². The number of nitrogens with zero attached hydrogens (tertiary/aromatic N) is 4. The van der Waals surface area contributed by atoms with E-state index in [0.29, 0.717) is 83.7 Å². The second kappa shape index (κ2) is 15.4. The van der Waals surface area contributed by atoms with Crippen LogP contribution in [0.5, 0.6) is 0 Å². The fourth-order valence-corrected chi connectivity index (χ4v) is 4.76. The second-order valence-electron chi connectivity index (χ2n) is 7.93. The molecule has 3 amide bonds. The van der Waals surface area contributed by atoms with Crippen molar-refractivity contribution < 1.29 is 33.3 Å². The molecule has 0 bridgehead atoms. The molecule has 1 aromatic rings. The zero-order valence-electron chi connectivity index (χ0n) is 20.1.